The molecule has 0 saturated heterocycles. The molecule has 16 heteroatoms. The number of aromatic nitrogens is 1. The Morgan fingerprint density at radius 2 is 1.77 bits per heavy atom. The van der Waals surface area contributed by atoms with E-state index in [-0.39, 0.29) is 5.88 Å². The first kappa shape index (κ1) is 20.3. The molecule has 3 heterocycles. The van der Waals surface area contributed by atoms with Crippen LogP contribution in [-0.2, 0) is 4.57 Å². The number of nitrogens with one attached hydrogen (secondary N) is 1. The fourth-order valence-corrected chi connectivity index (χ4v) is 2.49. The van der Waals surface area contributed by atoms with Crippen LogP contribution in [0.2, 0.25) is 5.02 Å². The highest BCUT2D eigenvalue weighted by Crippen LogP contribution is 2.36. The summed E-state index contributed by atoms with van der Waals surface area (Å²) in [6.45, 7) is 0. The lowest BCUT2D eigenvalue weighted by molar-refractivity contribution is -0.538. The van der Waals surface area contributed by atoms with Gasteiger partial charge in [-0.1, -0.05) is 21.8 Å². The largest absolute Gasteiger partial charge is 0.780 e. The lowest BCUT2D eigenvalue weighted by Crippen LogP contribution is -2.74. The Kier molecular flexibility index (Phi) is 7.47. The molecule has 0 amide bonds. The molecule has 1 aromatic carbocycles. The maximum atomic E-state index is 10.4. The number of aromatic amines is 1. The number of fused-ring (bicyclic) bond motifs is 1. The Hall–Kier alpha value is -2.06. The van der Waals surface area contributed by atoms with Crippen LogP contribution in [0.3, 0.4) is 0 Å². The molecule has 138 valence electrons. The summed E-state index contributed by atoms with van der Waals surface area (Å²) in [7, 11) is -5.06. The number of phosphoric acid groups is 1. The summed E-state index contributed by atoms with van der Waals surface area (Å²) >= 11 is 9.18. The van der Waals surface area contributed by atoms with E-state index in [9.17, 15) is 14.4 Å². The number of quaternary nitrogens is 2. The maximum absolute atomic E-state index is 10.4. The van der Waals surface area contributed by atoms with Crippen molar-refractivity contribution in [2.45, 2.75) is 0 Å². The van der Waals surface area contributed by atoms with E-state index < -0.39 is 7.82 Å². The molecule has 26 heavy (non-hydrogen) atoms. The Balaban J connectivity index is 0.000000196. The lowest BCUT2D eigenvalue weighted by Gasteiger charge is -2.27. The fourth-order valence-electron chi connectivity index (χ4n) is 1.58. The van der Waals surface area contributed by atoms with Crippen molar-refractivity contribution < 1.29 is 29.7 Å². The van der Waals surface area contributed by atoms with Crippen LogP contribution >= 0.6 is 35.4 Å². The van der Waals surface area contributed by atoms with Gasteiger partial charge in [0.15, 0.2) is 5.88 Å². The normalized spacial score (nSPS) is 14.2. The average Bonchev–Trinajstić information content (AvgIpc) is 3.34. The first-order valence-corrected chi connectivity index (χ1v) is 9.18. The second kappa shape index (κ2) is 9.59. The van der Waals surface area contributed by atoms with Crippen LogP contribution in [0.15, 0.2) is 53.8 Å². The van der Waals surface area contributed by atoms with E-state index in [0.29, 0.717) is 20.4 Å². The molecule has 0 aliphatic carbocycles. The van der Waals surface area contributed by atoms with E-state index in [2.05, 4.69) is 56.5 Å². The first-order valence-electron chi connectivity index (χ1n) is 6.55. The smallest absolute Gasteiger partial charge is 0.236 e. The van der Waals surface area contributed by atoms with Crippen molar-refractivity contribution in [3.8, 4) is 5.88 Å². The minimum atomic E-state index is -5.06. The molecule has 0 bridgehead atoms. The summed E-state index contributed by atoms with van der Waals surface area (Å²) in [6.07, 6.45) is 3.06. The van der Waals surface area contributed by atoms with Crippen molar-refractivity contribution in [3.63, 3.8) is 0 Å². The topological polar surface area (TPSA) is 196 Å². The summed E-state index contributed by atoms with van der Waals surface area (Å²) in [5.41, 5.74) is 3.64. The van der Waals surface area contributed by atoms with Gasteiger partial charge in [-0.3, -0.25) is 0 Å². The zero-order chi connectivity index (χ0) is 19.0. The quantitative estimate of drug-likeness (QED) is 0.398. The third kappa shape index (κ3) is 6.68. The molecule has 2 aliphatic rings. The maximum Gasteiger partial charge on any atom is 0.236 e. The van der Waals surface area contributed by atoms with Gasteiger partial charge in [0.1, 0.15) is 7.82 Å². The van der Waals surface area contributed by atoms with Gasteiger partial charge in [0.2, 0.25) is 12.7 Å². The van der Waals surface area contributed by atoms with Gasteiger partial charge in [-0.05, 0) is 28.1 Å². The number of nitrogens with zero attached hydrogens (tertiary/aromatic N) is 6. The summed E-state index contributed by atoms with van der Waals surface area (Å²) in [4.78, 5) is 23.5. The first-order chi connectivity index (χ1) is 12.4. The zero-order valence-electron chi connectivity index (χ0n) is 12.6. The minimum absolute atomic E-state index is 0.150. The van der Waals surface area contributed by atoms with Crippen LogP contribution < -0.4 is 25.2 Å². The van der Waals surface area contributed by atoms with Crippen molar-refractivity contribution >= 4 is 58.9 Å². The molecule has 0 radical (unpaired) electrons. The monoisotopic (exact) mass is 465 g/mol. The predicted molar refractivity (Wildman–Crippen MR) is 89.8 cm³/mol. The molecular weight excluding hydrogens is 457 g/mol. The number of rotatable bonds is 2. The van der Waals surface area contributed by atoms with Crippen molar-refractivity contribution in [1.29, 1.82) is 0 Å². The highest BCUT2D eigenvalue weighted by molar-refractivity contribution is 9.10. The van der Waals surface area contributed by atoms with Crippen LogP contribution in [0.25, 0.3) is 10.9 Å². The summed E-state index contributed by atoms with van der Waals surface area (Å²) < 4.78 is 15.3. The molecule has 1 aromatic heterocycles. The molecule has 0 fully saturated rings. The van der Waals surface area contributed by atoms with Gasteiger partial charge in [0.25, 0.3) is 0 Å². The van der Waals surface area contributed by atoms with Gasteiger partial charge in [-0.15, -0.1) is 0 Å². The number of halogens is 2. The van der Waals surface area contributed by atoms with Crippen molar-refractivity contribution in [2.75, 3.05) is 0 Å². The van der Waals surface area contributed by atoms with Gasteiger partial charge in [-0.2, -0.15) is 10.9 Å². The Morgan fingerprint density at radius 3 is 2.19 bits per heavy atom. The van der Waals surface area contributed by atoms with Crippen LogP contribution in [0.1, 0.15) is 0 Å². The van der Waals surface area contributed by atoms with Crippen molar-refractivity contribution in [3.05, 3.63) is 27.7 Å². The predicted octanol–water partition coefficient (Wildman–Crippen LogP) is -0.461. The molecule has 0 unspecified atom stereocenters. The van der Waals surface area contributed by atoms with Crippen molar-refractivity contribution in [2.24, 2.45) is 31.1 Å². The molecule has 0 saturated carbocycles. The molecule has 13 nitrogen and oxygen atoms in total. The number of hydrogen-bond acceptors (Lipinski definition) is 10. The van der Waals surface area contributed by atoms with Gasteiger partial charge in [0.05, 0.1) is 15.5 Å². The number of phosphoric ester groups is 1. The average molecular weight is 467 g/mol. The molecular formula is C10H10BrClN9O4P. The van der Waals surface area contributed by atoms with Crippen LogP contribution in [0.5, 0.6) is 5.88 Å². The van der Waals surface area contributed by atoms with E-state index in [1.165, 1.54) is 29.6 Å². The van der Waals surface area contributed by atoms with Gasteiger partial charge in [-0.25, -0.2) is 0 Å². The number of H-pyrrole nitrogens is 1. The third-order valence-corrected chi connectivity index (χ3v) is 4.20. The van der Waals surface area contributed by atoms with Crippen molar-refractivity contribution in [1.82, 2.24) is 4.98 Å². The Bertz CT molecular complexity index is 883. The van der Waals surface area contributed by atoms with Gasteiger partial charge < -0.3 is 23.9 Å². The summed E-state index contributed by atoms with van der Waals surface area (Å²) in [6, 6.07) is 4.72. The highest BCUT2D eigenvalue weighted by atomic mass is 79.9. The van der Waals surface area contributed by atoms with E-state index >= 15 is 0 Å². The zero-order valence-corrected chi connectivity index (χ0v) is 15.8. The summed E-state index contributed by atoms with van der Waals surface area (Å²) in [5.74, 6) is -0.150. The molecule has 0 atom stereocenters. The number of benzene rings is 1. The standard InChI is InChI=1S/C8H6BrClNO4P.2CH2N4/c9-5-1-2-6-4(8(5)10)3-7(11-6)15-16(12,13)14;2*1-2-4-5-3-1/h1-3,11H,(H2,12,13,14);2*1H,(H,2,3,4,5). The number of nitrogens with two attached hydrogens (primary N) is 2. The molecule has 2 aromatic rings. The molecule has 0 spiro atoms. The van der Waals surface area contributed by atoms with E-state index in [4.69, 9.17) is 11.6 Å². The van der Waals surface area contributed by atoms with Crippen LogP contribution in [0.4, 0.5) is 0 Å². The second-order valence-corrected chi connectivity index (χ2v) is 6.54. The van der Waals surface area contributed by atoms with E-state index in [1.54, 1.807) is 12.1 Å². The summed E-state index contributed by atoms with van der Waals surface area (Å²) in [5, 5.41) is 20.9. The van der Waals surface area contributed by atoms with E-state index in [1.807, 2.05) is 0 Å². The van der Waals surface area contributed by atoms with Crippen LogP contribution in [-0.4, -0.2) is 17.7 Å². The minimum Gasteiger partial charge on any atom is -0.780 e. The lowest BCUT2D eigenvalue weighted by atomic mass is 10.2. The Labute approximate surface area is 158 Å². The highest BCUT2D eigenvalue weighted by Gasteiger charge is 2.08. The van der Waals surface area contributed by atoms with E-state index in [0.717, 1.165) is 0 Å². The Morgan fingerprint density at radius 1 is 1.15 bits per heavy atom. The number of hydrogen-bond donors (Lipinski definition) is 3. The van der Waals surface area contributed by atoms with Gasteiger partial charge >= 0.3 is 0 Å². The molecule has 5 N–H and O–H groups in total. The third-order valence-electron chi connectivity index (χ3n) is 2.48. The SMILES string of the molecule is C1=NN=N[NH2+]1.C1=NN=N[NH2+]1.O=P([O-])([O-])Oc1cc2c(Cl)c(Br)ccc2[nH]1. The second-order valence-electron chi connectivity index (χ2n) is 4.23. The molecule has 2 aliphatic heterocycles. The molecule has 4 rings (SSSR count). The van der Waals surface area contributed by atoms with Gasteiger partial charge in [0, 0.05) is 31.9 Å². The van der Waals surface area contributed by atoms with Crippen LogP contribution in [0, 0.1) is 0 Å². The fraction of sp³-hybridized carbons (Fsp3) is 0.